The fraction of sp³-hybridized carbons (Fsp3) is 0. The van der Waals surface area contributed by atoms with Crippen molar-refractivity contribution >= 4 is 56.7 Å². The molecule has 0 unspecified atom stereocenters. The topological polar surface area (TPSA) is 3.24 Å². The van der Waals surface area contributed by atoms with Crippen LogP contribution in [0, 0.1) is 0 Å². The minimum Gasteiger partial charge on any atom is -0.310 e. The largest absolute Gasteiger partial charge is 0.310 e. The molecule has 8 rings (SSSR count). The average molecular weight is 630 g/mol. The van der Waals surface area contributed by atoms with Gasteiger partial charge in [-0.3, -0.25) is 0 Å². The van der Waals surface area contributed by atoms with E-state index in [1.807, 2.05) is 0 Å². The Balaban J connectivity index is 1.21. The molecule has 228 valence electrons. The van der Waals surface area contributed by atoms with Gasteiger partial charge in [0.2, 0.25) is 0 Å². The molecule has 0 heterocycles. The van der Waals surface area contributed by atoms with Gasteiger partial charge in [-0.25, -0.2) is 0 Å². The van der Waals surface area contributed by atoms with E-state index in [1.54, 1.807) is 0 Å². The van der Waals surface area contributed by atoms with Gasteiger partial charge < -0.3 is 4.90 Å². The molecule has 0 saturated carbocycles. The lowest BCUT2D eigenvalue weighted by atomic mass is 10.0. The molecular formula is C46H35NSi. The molecule has 0 aromatic heterocycles. The van der Waals surface area contributed by atoms with E-state index in [0.29, 0.717) is 0 Å². The van der Waals surface area contributed by atoms with Crippen LogP contribution in [-0.4, -0.2) is 8.07 Å². The van der Waals surface area contributed by atoms with Gasteiger partial charge in [-0.15, -0.1) is 0 Å². The molecule has 0 aliphatic rings. The second-order valence-corrected chi connectivity index (χ2v) is 16.0. The van der Waals surface area contributed by atoms with Gasteiger partial charge in [0.15, 0.2) is 8.07 Å². The summed E-state index contributed by atoms with van der Waals surface area (Å²) in [6, 6.07) is 77.4. The quantitative estimate of drug-likeness (QED) is 0.120. The van der Waals surface area contributed by atoms with E-state index < -0.39 is 8.07 Å². The van der Waals surface area contributed by atoms with Crippen LogP contribution in [0.1, 0.15) is 0 Å². The zero-order chi connectivity index (χ0) is 32.2. The zero-order valence-corrected chi connectivity index (χ0v) is 27.7. The highest BCUT2D eigenvalue weighted by molar-refractivity contribution is 7.19. The van der Waals surface area contributed by atoms with Gasteiger partial charge >= 0.3 is 0 Å². The number of hydrogen-bond donors (Lipinski definition) is 0. The van der Waals surface area contributed by atoms with Crippen LogP contribution in [0.4, 0.5) is 17.1 Å². The van der Waals surface area contributed by atoms with Crippen molar-refractivity contribution in [3.63, 3.8) is 0 Å². The van der Waals surface area contributed by atoms with Gasteiger partial charge in [0.1, 0.15) is 0 Å². The van der Waals surface area contributed by atoms with Gasteiger partial charge in [-0.05, 0) is 67.6 Å². The number of hydrogen-bond acceptors (Lipinski definition) is 1. The lowest BCUT2D eigenvalue weighted by Crippen LogP contribution is -2.74. The van der Waals surface area contributed by atoms with Crippen molar-refractivity contribution in [3.8, 4) is 11.1 Å². The summed E-state index contributed by atoms with van der Waals surface area (Å²) >= 11 is 0. The summed E-state index contributed by atoms with van der Waals surface area (Å²) in [4.78, 5) is 2.36. The Bertz CT molecular complexity index is 2150. The highest BCUT2D eigenvalue weighted by Crippen LogP contribution is 2.39. The van der Waals surface area contributed by atoms with Crippen molar-refractivity contribution in [2.75, 3.05) is 4.90 Å². The maximum absolute atomic E-state index is 2.55. The minimum atomic E-state index is -2.55. The molecule has 48 heavy (non-hydrogen) atoms. The van der Waals surface area contributed by atoms with E-state index in [1.165, 1.54) is 48.3 Å². The summed E-state index contributed by atoms with van der Waals surface area (Å²) in [7, 11) is -2.55. The lowest BCUT2D eigenvalue weighted by Gasteiger charge is -2.34. The Hall–Kier alpha value is -5.96. The molecule has 0 spiro atoms. The minimum absolute atomic E-state index is 1.13. The first-order chi connectivity index (χ1) is 23.8. The third kappa shape index (κ3) is 5.33. The first-order valence-electron chi connectivity index (χ1n) is 16.5. The van der Waals surface area contributed by atoms with Crippen LogP contribution in [0.15, 0.2) is 212 Å². The second-order valence-electron chi connectivity index (χ2n) is 12.1. The van der Waals surface area contributed by atoms with Crippen LogP contribution in [0.3, 0.4) is 0 Å². The molecule has 8 aromatic rings. The van der Waals surface area contributed by atoms with E-state index >= 15 is 0 Å². The van der Waals surface area contributed by atoms with Crippen LogP contribution in [0.2, 0.25) is 0 Å². The number of anilines is 3. The van der Waals surface area contributed by atoms with Crippen molar-refractivity contribution in [2.45, 2.75) is 0 Å². The third-order valence-corrected chi connectivity index (χ3v) is 14.2. The number of fused-ring (bicyclic) bond motifs is 1. The van der Waals surface area contributed by atoms with E-state index in [4.69, 9.17) is 0 Å². The SMILES string of the molecule is c1ccc(N(c2ccc(-c3ccc([Si](c4ccccc4)(c4ccccc4)c4ccccc4)cc3)cc2)c2cccc3ccccc23)cc1. The van der Waals surface area contributed by atoms with E-state index in [2.05, 4.69) is 217 Å². The van der Waals surface area contributed by atoms with Crippen LogP contribution in [-0.2, 0) is 0 Å². The van der Waals surface area contributed by atoms with E-state index in [9.17, 15) is 0 Å². The molecule has 0 radical (unpaired) electrons. The summed E-state index contributed by atoms with van der Waals surface area (Å²) in [5.41, 5.74) is 5.83. The number of benzene rings is 8. The molecule has 2 heteroatoms. The maximum atomic E-state index is 2.37. The predicted molar refractivity (Wildman–Crippen MR) is 208 cm³/mol. The Labute approximate surface area is 284 Å². The number of para-hydroxylation sites is 1. The summed E-state index contributed by atoms with van der Waals surface area (Å²) in [5, 5.41) is 7.98. The van der Waals surface area contributed by atoms with E-state index in [0.717, 1.165) is 11.4 Å². The fourth-order valence-corrected chi connectivity index (χ4v) is 11.9. The van der Waals surface area contributed by atoms with E-state index in [-0.39, 0.29) is 0 Å². The maximum Gasteiger partial charge on any atom is 0.179 e. The first-order valence-corrected chi connectivity index (χ1v) is 18.5. The number of rotatable bonds is 8. The molecule has 1 nitrogen and oxygen atoms in total. The van der Waals surface area contributed by atoms with Crippen LogP contribution in [0.25, 0.3) is 21.9 Å². The van der Waals surface area contributed by atoms with Crippen molar-refractivity contribution in [3.05, 3.63) is 212 Å². The first kappa shape index (κ1) is 29.4. The smallest absolute Gasteiger partial charge is 0.179 e. The molecule has 0 aliphatic heterocycles. The van der Waals surface area contributed by atoms with Crippen molar-refractivity contribution in [2.24, 2.45) is 0 Å². The standard InChI is InChI=1S/C46H35NSi/c1-5-18-39(19-6-1)47(46-27-15-17-38-16-13-14-26-45(38)46)40-32-28-36(29-33-40)37-30-34-44(35-31-37)48(41-20-7-2-8-21-41,42-22-9-3-10-23-42)43-24-11-4-12-25-43/h1-35H. The van der Waals surface area contributed by atoms with Gasteiger partial charge in [-0.2, -0.15) is 0 Å². The summed E-state index contributed by atoms with van der Waals surface area (Å²) in [6.45, 7) is 0. The summed E-state index contributed by atoms with van der Waals surface area (Å²) in [6.07, 6.45) is 0. The monoisotopic (exact) mass is 629 g/mol. The van der Waals surface area contributed by atoms with Crippen LogP contribution < -0.4 is 25.6 Å². The highest BCUT2D eigenvalue weighted by Gasteiger charge is 2.41. The zero-order valence-electron chi connectivity index (χ0n) is 26.7. The third-order valence-electron chi connectivity index (χ3n) is 9.42. The Morgan fingerprint density at radius 3 is 1.23 bits per heavy atom. The predicted octanol–water partition coefficient (Wildman–Crippen LogP) is 9.35. The Morgan fingerprint density at radius 2 is 0.688 bits per heavy atom. The molecule has 0 fully saturated rings. The molecule has 0 aliphatic carbocycles. The molecular weight excluding hydrogens is 595 g/mol. The second kappa shape index (κ2) is 13.0. The highest BCUT2D eigenvalue weighted by atomic mass is 28.3. The summed E-state index contributed by atoms with van der Waals surface area (Å²) < 4.78 is 0. The number of nitrogens with zero attached hydrogens (tertiary/aromatic N) is 1. The van der Waals surface area contributed by atoms with Gasteiger partial charge in [-0.1, -0.05) is 182 Å². The molecule has 0 N–H and O–H groups in total. The van der Waals surface area contributed by atoms with Crippen molar-refractivity contribution in [1.82, 2.24) is 0 Å². The van der Waals surface area contributed by atoms with Gasteiger partial charge in [0.05, 0.1) is 5.69 Å². The summed E-state index contributed by atoms with van der Waals surface area (Å²) in [5.74, 6) is 0. The Morgan fingerprint density at radius 1 is 0.292 bits per heavy atom. The van der Waals surface area contributed by atoms with Gasteiger partial charge in [0.25, 0.3) is 0 Å². The lowest BCUT2D eigenvalue weighted by molar-refractivity contribution is 1.30. The normalized spacial score (nSPS) is 11.3. The molecule has 0 amide bonds. The molecule has 0 atom stereocenters. The molecule has 0 bridgehead atoms. The van der Waals surface area contributed by atoms with Crippen molar-refractivity contribution < 1.29 is 0 Å². The molecule has 0 saturated heterocycles. The van der Waals surface area contributed by atoms with Crippen LogP contribution in [0.5, 0.6) is 0 Å². The van der Waals surface area contributed by atoms with Crippen LogP contribution >= 0.6 is 0 Å². The van der Waals surface area contributed by atoms with Crippen molar-refractivity contribution in [1.29, 1.82) is 0 Å². The fourth-order valence-electron chi connectivity index (χ4n) is 7.19. The molecule has 8 aromatic carbocycles. The Kier molecular flexibility index (Phi) is 8.00. The van der Waals surface area contributed by atoms with Gasteiger partial charge in [0, 0.05) is 16.8 Å². The average Bonchev–Trinajstić information content (AvgIpc) is 3.18.